The maximum Gasteiger partial charge on any atom is 0.255 e. The molecule has 0 atom stereocenters. The Morgan fingerprint density at radius 3 is 2.35 bits per heavy atom. The van der Waals surface area contributed by atoms with Crippen LogP contribution in [0.15, 0.2) is 53.0 Å². The van der Waals surface area contributed by atoms with E-state index in [1.165, 1.54) is 0 Å². The Bertz CT molecular complexity index is 761. The monoisotopic (exact) mass is 369 g/mol. The molecular formula is C18H16BrN3O. The molecule has 1 aliphatic heterocycles. The fraction of sp³-hybridized carbons (Fsp3) is 0.222. The van der Waals surface area contributed by atoms with Crippen LogP contribution in [0.5, 0.6) is 0 Å². The van der Waals surface area contributed by atoms with Gasteiger partial charge >= 0.3 is 0 Å². The second kappa shape index (κ2) is 6.84. The molecule has 3 rings (SSSR count). The van der Waals surface area contributed by atoms with Gasteiger partial charge in [-0.15, -0.1) is 0 Å². The van der Waals surface area contributed by atoms with Crippen LogP contribution in [0.1, 0.15) is 15.9 Å². The summed E-state index contributed by atoms with van der Waals surface area (Å²) in [6.45, 7) is 2.77. The molecule has 1 heterocycles. The molecular weight excluding hydrogens is 354 g/mol. The van der Waals surface area contributed by atoms with Gasteiger partial charge < -0.3 is 9.80 Å². The number of amides is 1. The number of hydrogen-bond acceptors (Lipinski definition) is 3. The zero-order chi connectivity index (χ0) is 16.2. The van der Waals surface area contributed by atoms with Crippen LogP contribution < -0.4 is 4.90 Å². The highest BCUT2D eigenvalue weighted by Gasteiger charge is 2.24. The smallest absolute Gasteiger partial charge is 0.255 e. The number of carbonyl (C=O) groups excluding carboxylic acids is 1. The van der Waals surface area contributed by atoms with E-state index in [2.05, 4.69) is 26.9 Å². The molecule has 0 saturated carbocycles. The number of nitrogens with zero attached hydrogens (tertiary/aromatic N) is 3. The number of carbonyl (C=O) groups is 1. The first-order valence-electron chi connectivity index (χ1n) is 7.48. The minimum absolute atomic E-state index is 0.0469. The highest BCUT2D eigenvalue weighted by atomic mass is 79.9. The van der Waals surface area contributed by atoms with Crippen molar-refractivity contribution >= 4 is 27.5 Å². The maximum atomic E-state index is 12.6. The average Bonchev–Trinajstić information content (AvgIpc) is 2.61. The van der Waals surface area contributed by atoms with Gasteiger partial charge in [-0.3, -0.25) is 4.79 Å². The summed E-state index contributed by atoms with van der Waals surface area (Å²) in [7, 11) is 0. The summed E-state index contributed by atoms with van der Waals surface area (Å²) in [4.78, 5) is 16.6. The highest BCUT2D eigenvalue weighted by Crippen LogP contribution is 2.23. The van der Waals surface area contributed by atoms with E-state index in [0.717, 1.165) is 23.2 Å². The van der Waals surface area contributed by atoms with Gasteiger partial charge in [0.25, 0.3) is 5.91 Å². The van der Waals surface area contributed by atoms with Crippen molar-refractivity contribution in [1.82, 2.24) is 4.90 Å². The third kappa shape index (κ3) is 3.22. The summed E-state index contributed by atoms with van der Waals surface area (Å²) < 4.78 is 0.822. The SMILES string of the molecule is N#Cc1ccccc1N1CCN(C(=O)c2ccccc2Br)CC1. The maximum absolute atomic E-state index is 12.6. The molecule has 0 aliphatic carbocycles. The molecule has 0 bridgehead atoms. The Kier molecular flexibility index (Phi) is 4.63. The first-order valence-corrected chi connectivity index (χ1v) is 8.28. The molecule has 5 heteroatoms. The van der Waals surface area contributed by atoms with Crippen LogP contribution in [0.3, 0.4) is 0 Å². The van der Waals surface area contributed by atoms with Crippen LogP contribution in [-0.4, -0.2) is 37.0 Å². The van der Waals surface area contributed by atoms with E-state index in [4.69, 9.17) is 0 Å². The van der Waals surface area contributed by atoms with E-state index in [9.17, 15) is 10.1 Å². The van der Waals surface area contributed by atoms with Gasteiger partial charge in [-0.1, -0.05) is 24.3 Å². The van der Waals surface area contributed by atoms with Gasteiger partial charge in [0.1, 0.15) is 6.07 Å². The highest BCUT2D eigenvalue weighted by molar-refractivity contribution is 9.10. The molecule has 1 aliphatic rings. The molecule has 2 aromatic carbocycles. The number of nitriles is 1. The number of benzene rings is 2. The van der Waals surface area contributed by atoms with Gasteiger partial charge in [0.05, 0.1) is 16.8 Å². The second-order valence-electron chi connectivity index (χ2n) is 5.39. The van der Waals surface area contributed by atoms with Gasteiger partial charge in [-0.2, -0.15) is 5.26 Å². The van der Waals surface area contributed by atoms with E-state index >= 15 is 0 Å². The predicted molar refractivity (Wildman–Crippen MR) is 93.4 cm³/mol. The molecule has 4 nitrogen and oxygen atoms in total. The van der Waals surface area contributed by atoms with Crippen LogP contribution >= 0.6 is 15.9 Å². The van der Waals surface area contributed by atoms with Crippen molar-refractivity contribution in [3.05, 3.63) is 64.1 Å². The third-order valence-electron chi connectivity index (χ3n) is 4.04. The van der Waals surface area contributed by atoms with E-state index in [-0.39, 0.29) is 5.91 Å². The molecule has 0 spiro atoms. The van der Waals surface area contributed by atoms with E-state index in [1.807, 2.05) is 53.4 Å². The molecule has 2 aromatic rings. The number of piperazine rings is 1. The summed E-state index contributed by atoms with van der Waals surface area (Å²) >= 11 is 3.44. The molecule has 0 radical (unpaired) electrons. The largest absolute Gasteiger partial charge is 0.367 e. The third-order valence-corrected chi connectivity index (χ3v) is 4.73. The number of anilines is 1. The Labute approximate surface area is 144 Å². The first-order chi connectivity index (χ1) is 11.2. The standard InChI is InChI=1S/C18H16BrN3O/c19-16-7-3-2-6-15(16)18(23)22-11-9-21(10-12-22)17-8-4-1-5-14(17)13-20/h1-8H,9-12H2. The lowest BCUT2D eigenvalue weighted by Crippen LogP contribution is -2.49. The lowest BCUT2D eigenvalue weighted by Gasteiger charge is -2.36. The van der Waals surface area contributed by atoms with Crippen molar-refractivity contribution in [3.8, 4) is 6.07 Å². The lowest BCUT2D eigenvalue weighted by atomic mass is 10.1. The van der Waals surface area contributed by atoms with Crippen molar-refractivity contribution in [2.45, 2.75) is 0 Å². The molecule has 0 N–H and O–H groups in total. The van der Waals surface area contributed by atoms with Gasteiger partial charge in [-0.05, 0) is 40.2 Å². The Balaban J connectivity index is 1.71. The number of para-hydroxylation sites is 1. The summed E-state index contributed by atoms with van der Waals surface area (Å²) in [5, 5.41) is 9.22. The molecule has 1 saturated heterocycles. The van der Waals surface area contributed by atoms with Crippen LogP contribution in [-0.2, 0) is 0 Å². The summed E-state index contributed by atoms with van der Waals surface area (Å²) in [6.07, 6.45) is 0. The van der Waals surface area contributed by atoms with Crippen molar-refractivity contribution in [2.24, 2.45) is 0 Å². The van der Waals surface area contributed by atoms with Crippen molar-refractivity contribution in [3.63, 3.8) is 0 Å². The topological polar surface area (TPSA) is 47.3 Å². The zero-order valence-corrected chi connectivity index (χ0v) is 14.2. The predicted octanol–water partition coefficient (Wildman–Crippen LogP) is 3.28. The molecule has 23 heavy (non-hydrogen) atoms. The minimum atomic E-state index is 0.0469. The molecule has 0 aromatic heterocycles. The second-order valence-corrected chi connectivity index (χ2v) is 6.24. The summed E-state index contributed by atoms with van der Waals surface area (Å²) in [5.41, 5.74) is 2.32. The summed E-state index contributed by atoms with van der Waals surface area (Å²) in [6, 6.07) is 17.3. The zero-order valence-electron chi connectivity index (χ0n) is 12.6. The number of hydrogen-bond donors (Lipinski definition) is 0. The van der Waals surface area contributed by atoms with Gasteiger partial charge in [0, 0.05) is 30.7 Å². The fourth-order valence-electron chi connectivity index (χ4n) is 2.80. The van der Waals surface area contributed by atoms with Gasteiger partial charge in [0.2, 0.25) is 0 Å². The fourth-order valence-corrected chi connectivity index (χ4v) is 3.25. The quantitative estimate of drug-likeness (QED) is 0.815. The van der Waals surface area contributed by atoms with Crippen molar-refractivity contribution in [1.29, 1.82) is 5.26 Å². The van der Waals surface area contributed by atoms with E-state index in [0.29, 0.717) is 24.2 Å². The normalized spacial score (nSPS) is 14.4. The molecule has 1 amide bonds. The molecule has 116 valence electrons. The van der Waals surface area contributed by atoms with Crippen LogP contribution in [0, 0.1) is 11.3 Å². The Morgan fingerprint density at radius 1 is 1.00 bits per heavy atom. The van der Waals surface area contributed by atoms with Crippen LogP contribution in [0.2, 0.25) is 0 Å². The first kappa shape index (κ1) is 15.6. The lowest BCUT2D eigenvalue weighted by molar-refractivity contribution is 0.0746. The Morgan fingerprint density at radius 2 is 1.65 bits per heavy atom. The molecule has 0 unspecified atom stereocenters. The van der Waals surface area contributed by atoms with Gasteiger partial charge in [-0.25, -0.2) is 0 Å². The van der Waals surface area contributed by atoms with Crippen molar-refractivity contribution in [2.75, 3.05) is 31.1 Å². The molecule has 1 fully saturated rings. The van der Waals surface area contributed by atoms with Crippen LogP contribution in [0.4, 0.5) is 5.69 Å². The van der Waals surface area contributed by atoms with Gasteiger partial charge in [0.15, 0.2) is 0 Å². The Hall–Kier alpha value is -2.32. The number of halogens is 1. The summed E-state index contributed by atoms with van der Waals surface area (Å²) in [5.74, 6) is 0.0469. The van der Waals surface area contributed by atoms with Crippen LogP contribution in [0.25, 0.3) is 0 Å². The number of rotatable bonds is 2. The average molecular weight is 370 g/mol. The van der Waals surface area contributed by atoms with E-state index < -0.39 is 0 Å². The minimum Gasteiger partial charge on any atom is -0.367 e. The van der Waals surface area contributed by atoms with E-state index in [1.54, 1.807) is 0 Å². The van der Waals surface area contributed by atoms with Crippen molar-refractivity contribution < 1.29 is 4.79 Å².